The summed E-state index contributed by atoms with van der Waals surface area (Å²) in [4.78, 5) is 12.9. The highest BCUT2D eigenvalue weighted by molar-refractivity contribution is 5.58. The van der Waals surface area contributed by atoms with Crippen molar-refractivity contribution in [3.05, 3.63) is 118 Å². The molecule has 1 aliphatic carbocycles. The van der Waals surface area contributed by atoms with Crippen LogP contribution < -0.4 is 5.32 Å². The van der Waals surface area contributed by atoms with E-state index < -0.39 is 11.0 Å². The zero-order valence-corrected chi connectivity index (χ0v) is 15.5. The standard InChI is InChI=1S/C24H22N2O2/c27-26(28)24(21-16-25-17-22(21)24)23(18-10-4-1-5-11-18,19-12-6-2-7-13-19)20-14-8-3-9-15-20/h1-15,21-22,25H,16-17H2. The zero-order valence-electron chi connectivity index (χ0n) is 15.5. The molecule has 1 saturated carbocycles. The molecule has 0 radical (unpaired) electrons. The lowest BCUT2D eigenvalue weighted by Crippen LogP contribution is -2.54. The number of piperidine rings is 1. The lowest BCUT2D eigenvalue weighted by atomic mass is 9.61. The van der Waals surface area contributed by atoms with Crippen LogP contribution in [0, 0.1) is 22.0 Å². The van der Waals surface area contributed by atoms with Crippen molar-refractivity contribution in [2.24, 2.45) is 11.8 Å². The minimum absolute atomic E-state index is 0.0168. The Labute approximate surface area is 164 Å². The molecule has 3 aromatic carbocycles. The van der Waals surface area contributed by atoms with Crippen molar-refractivity contribution in [2.75, 3.05) is 13.1 Å². The van der Waals surface area contributed by atoms with Gasteiger partial charge in [-0.1, -0.05) is 91.0 Å². The summed E-state index contributed by atoms with van der Waals surface area (Å²) < 4.78 is 0. The van der Waals surface area contributed by atoms with Gasteiger partial charge in [0.2, 0.25) is 5.54 Å². The van der Waals surface area contributed by atoms with E-state index in [0.717, 1.165) is 16.7 Å². The summed E-state index contributed by atoms with van der Waals surface area (Å²) in [7, 11) is 0. The maximum Gasteiger partial charge on any atom is 0.248 e. The molecule has 1 heterocycles. The minimum atomic E-state index is -1.05. The molecular weight excluding hydrogens is 348 g/mol. The number of nitrogens with zero attached hydrogens (tertiary/aromatic N) is 1. The maximum atomic E-state index is 12.8. The Bertz CT molecular complexity index is 882. The summed E-state index contributed by atoms with van der Waals surface area (Å²) in [6.45, 7) is 1.39. The molecule has 2 unspecified atom stereocenters. The molecule has 4 heteroatoms. The average Bonchev–Trinajstić information content (AvgIpc) is 3.13. The van der Waals surface area contributed by atoms with Crippen molar-refractivity contribution in [1.29, 1.82) is 0 Å². The Morgan fingerprint density at radius 1 is 0.750 bits per heavy atom. The van der Waals surface area contributed by atoms with E-state index in [0.29, 0.717) is 13.1 Å². The third-order valence-electron chi connectivity index (χ3n) is 6.76. The molecule has 0 spiro atoms. The second-order valence-electron chi connectivity index (χ2n) is 7.80. The van der Waals surface area contributed by atoms with Crippen LogP contribution in [0.15, 0.2) is 91.0 Å². The number of fused-ring (bicyclic) bond motifs is 1. The molecule has 1 aliphatic heterocycles. The van der Waals surface area contributed by atoms with Crippen LogP contribution in [0.25, 0.3) is 0 Å². The number of nitro groups is 1. The van der Waals surface area contributed by atoms with Gasteiger partial charge in [0.05, 0.1) is 11.8 Å². The minimum Gasteiger partial charge on any atom is -0.316 e. The second-order valence-corrected chi connectivity index (χ2v) is 7.80. The van der Waals surface area contributed by atoms with Gasteiger partial charge < -0.3 is 5.32 Å². The molecule has 4 nitrogen and oxygen atoms in total. The van der Waals surface area contributed by atoms with E-state index >= 15 is 0 Å². The second kappa shape index (κ2) is 6.28. The largest absolute Gasteiger partial charge is 0.316 e. The highest BCUT2D eigenvalue weighted by Gasteiger charge is 2.86. The van der Waals surface area contributed by atoms with Crippen molar-refractivity contribution in [3.63, 3.8) is 0 Å². The fourth-order valence-electron chi connectivity index (χ4n) is 5.73. The topological polar surface area (TPSA) is 55.2 Å². The molecule has 3 aromatic rings. The van der Waals surface area contributed by atoms with Gasteiger partial charge in [-0.3, -0.25) is 10.1 Å². The summed E-state index contributed by atoms with van der Waals surface area (Å²) in [5, 5.41) is 16.2. The summed E-state index contributed by atoms with van der Waals surface area (Å²) >= 11 is 0. The molecule has 2 fully saturated rings. The highest BCUT2D eigenvalue weighted by atomic mass is 16.6. The van der Waals surface area contributed by atoms with Crippen LogP contribution in [0.1, 0.15) is 16.7 Å². The van der Waals surface area contributed by atoms with Crippen LogP contribution in [0.2, 0.25) is 0 Å². The summed E-state index contributed by atoms with van der Waals surface area (Å²) in [5.41, 5.74) is 1.07. The molecule has 1 saturated heterocycles. The average molecular weight is 370 g/mol. The molecule has 2 aliphatic rings. The van der Waals surface area contributed by atoms with Gasteiger partial charge in [0, 0.05) is 18.0 Å². The normalized spacial score (nSPS) is 25.9. The summed E-state index contributed by atoms with van der Waals surface area (Å²) in [6.07, 6.45) is 0. The molecule has 28 heavy (non-hydrogen) atoms. The smallest absolute Gasteiger partial charge is 0.248 e. The molecule has 140 valence electrons. The Balaban J connectivity index is 1.91. The van der Waals surface area contributed by atoms with E-state index in [-0.39, 0.29) is 16.8 Å². The van der Waals surface area contributed by atoms with Crippen LogP contribution in [0.4, 0.5) is 0 Å². The third kappa shape index (κ3) is 2.04. The lowest BCUT2D eigenvalue weighted by Gasteiger charge is -2.40. The summed E-state index contributed by atoms with van der Waals surface area (Å²) in [5.74, 6) is 0.0336. The van der Waals surface area contributed by atoms with Gasteiger partial charge in [0.1, 0.15) is 5.41 Å². The van der Waals surface area contributed by atoms with E-state index in [2.05, 4.69) is 5.32 Å². The first-order valence-corrected chi connectivity index (χ1v) is 9.76. The fraction of sp³-hybridized carbons (Fsp3) is 0.250. The van der Waals surface area contributed by atoms with Gasteiger partial charge in [-0.05, 0) is 16.7 Å². The maximum absolute atomic E-state index is 12.8. The number of hydrogen-bond donors (Lipinski definition) is 1. The van der Waals surface area contributed by atoms with E-state index in [1.54, 1.807) is 0 Å². The quantitative estimate of drug-likeness (QED) is 0.421. The molecule has 0 bridgehead atoms. The number of benzene rings is 3. The molecule has 0 aromatic heterocycles. The Hall–Kier alpha value is -2.98. The van der Waals surface area contributed by atoms with Crippen LogP contribution in [0.3, 0.4) is 0 Å². The Morgan fingerprint density at radius 3 is 1.43 bits per heavy atom. The van der Waals surface area contributed by atoms with Gasteiger partial charge in [-0.25, -0.2) is 0 Å². The van der Waals surface area contributed by atoms with E-state index in [9.17, 15) is 10.1 Å². The Kier molecular flexibility index (Phi) is 3.84. The fourth-order valence-corrected chi connectivity index (χ4v) is 5.73. The first-order valence-electron chi connectivity index (χ1n) is 9.76. The van der Waals surface area contributed by atoms with Crippen molar-refractivity contribution < 1.29 is 4.92 Å². The van der Waals surface area contributed by atoms with Crippen molar-refractivity contribution >= 4 is 0 Å². The van der Waals surface area contributed by atoms with Crippen LogP contribution in [0.5, 0.6) is 0 Å². The molecular formula is C24H22N2O2. The van der Waals surface area contributed by atoms with Crippen molar-refractivity contribution in [2.45, 2.75) is 11.0 Å². The molecule has 0 amide bonds. The van der Waals surface area contributed by atoms with E-state index in [1.165, 1.54) is 0 Å². The number of rotatable bonds is 5. The Morgan fingerprint density at radius 2 is 1.11 bits per heavy atom. The monoisotopic (exact) mass is 370 g/mol. The van der Waals surface area contributed by atoms with E-state index in [4.69, 9.17) is 0 Å². The summed E-state index contributed by atoms with van der Waals surface area (Å²) in [6, 6.07) is 30.1. The van der Waals surface area contributed by atoms with Gasteiger partial charge in [0.25, 0.3) is 0 Å². The SMILES string of the molecule is O=[N+]([O-])C1(C(c2ccccc2)(c2ccccc2)c2ccccc2)C2CNCC21. The van der Waals surface area contributed by atoms with Gasteiger partial charge in [0.15, 0.2) is 0 Å². The van der Waals surface area contributed by atoms with Crippen LogP contribution in [-0.2, 0) is 5.41 Å². The first kappa shape index (κ1) is 17.1. The zero-order chi connectivity index (χ0) is 19.2. The molecule has 5 rings (SSSR count). The van der Waals surface area contributed by atoms with Gasteiger partial charge >= 0.3 is 0 Å². The van der Waals surface area contributed by atoms with Crippen LogP contribution >= 0.6 is 0 Å². The van der Waals surface area contributed by atoms with Gasteiger partial charge in [-0.15, -0.1) is 0 Å². The third-order valence-corrected chi connectivity index (χ3v) is 6.76. The first-order chi connectivity index (χ1) is 13.7. The molecule has 2 atom stereocenters. The van der Waals surface area contributed by atoms with Crippen molar-refractivity contribution in [3.8, 4) is 0 Å². The predicted octanol–water partition coefficient (Wildman–Crippen LogP) is 3.89. The highest BCUT2D eigenvalue weighted by Crippen LogP contribution is 2.68. The van der Waals surface area contributed by atoms with Gasteiger partial charge in [-0.2, -0.15) is 0 Å². The molecule has 1 N–H and O–H groups in total. The predicted molar refractivity (Wildman–Crippen MR) is 109 cm³/mol. The lowest BCUT2D eigenvalue weighted by molar-refractivity contribution is -0.556. The number of nitrogens with one attached hydrogen (secondary N) is 1. The van der Waals surface area contributed by atoms with E-state index in [1.807, 2.05) is 91.0 Å². The number of hydrogen-bond acceptors (Lipinski definition) is 3. The van der Waals surface area contributed by atoms with Crippen molar-refractivity contribution in [1.82, 2.24) is 5.32 Å². The van der Waals surface area contributed by atoms with Crippen LogP contribution in [-0.4, -0.2) is 23.6 Å².